The standard InChI is InChI=1S/C33H36F3N7O5/c1-19-6-9-43(41-19)26-13-21(20-2-3-22(16-44)23(12-20)17-45)4-5-24(26)29(33(34,35)36)48-28-14-27(39-31(37)40-28)42-10-7-32(8-11-42)15-25(30(46)47)38-18-32/h2-6,9,12-14,25,29,38,44-45H,7-8,10-11,15-18H2,1H3,(H,46,47)(H2,37,39,40)/t25?,29-/m0/s1. The van der Waals surface area contributed by atoms with Crippen LogP contribution < -0.4 is 20.7 Å². The Bertz CT molecular complexity index is 1810. The van der Waals surface area contributed by atoms with Crippen LogP contribution in [0.15, 0.2) is 54.7 Å². The second-order valence-corrected chi connectivity index (χ2v) is 12.4. The number of aliphatic carboxylic acids is 1. The first-order chi connectivity index (χ1) is 22.9. The predicted octanol–water partition coefficient (Wildman–Crippen LogP) is 3.92. The minimum Gasteiger partial charge on any atom is -0.480 e. The molecule has 6 rings (SSSR count). The number of alkyl halides is 3. The number of anilines is 2. The van der Waals surface area contributed by atoms with Crippen molar-refractivity contribution in [3.8, 4) is 22.7 Å². The lowest BCUT2D eigenvalue weighted by molar-refractivity contribution is -0.198. The second kappa shape index (κ2) is 13.1. The van der Waals surface area contributed by atoms with Crippen LogP contribution in [0.1, 0.15) is 47.8 Å². The van der Waals surface area contributed by atoms with E-state index in [0.717, 1.165) is 0 Å². The Hall–Kier alpha value is -4.73. The van der Waals surface area contributed by atoms with Crippen LogP contribution in [0.3, 0.4) is 0 Å². The Balaban J connectivity index is 1.32. The van der Waals surface area contributed by atoms with Gasteiger partial charge in [0.1, 0.15) is 11.9 Å². The number of hydrogen-bond acceptors (Lipinski definition) is 10. The van der Waals surface area contributed by atoms with Crippen molar-refractivity contribution in [1.29, 1.82) is 0 Å². The first-order valence-electron chi connectivity index (χ1n) is 15.5. The summed E-state index contributed by atoms with van der Waals surface area (Å²) in [6, 6.07) is 11.9. The highest BCUT2D eigenvalue weighted by molar-refractivity contribution is 5.74. The van der Waals surface area contributed by atoms with Crippen molar-refractivity contribution in [3.05, 3.63) is 77.1 Å². The summed E-state index contributed by atoms with van der Waals surface area (Å²) in [6.07, 6.45) is -3.91. The van der Waals surface area contributed by atoms with E-state index in [0.29, 0.717) is 72.7 Å². The molecule has 2 aromatic carbocycles. The maximum absolute atomic E-state index is 14.9. The summed E-state index contributed by atoms with van der Waals surface area (Å²) in [4.78, 5) is 21.6. The molecule has 4 heterocycles. The molecule has 0 bridgehead atoms. The van der Waals surface area contributed by atoms with E-state index in [1.54, 1.807) is 43.5 Å². The van der Waals surface area contributed by atoms with Gasteiger partial charge in [-0.05, 0) is 72.1 Å². The van der Waals surface area contributed by atoms with E-state index in [4.69, 9.17) is 10.5 Å². The van der Waals surface area contributed by atoms with Crippen LogP contribution in [-0.4, -0.2) is 72.9 Å². The van der Waals surface area contributed by atoms with Gasteiger partial charge in [-0.15, -0.1) is 0 Å². The smallest absolute Gasteiger partial charge is 0.429 e. The molecule has 2 saturated heterocycles. The molecule has 2 aromatic heterocycles. The fourth-order valence-corrected chi connectivity index (χ4v) is 6.56. The summed E-state index contributed by atoms with van der Waals surface area (Å²) in [7, 11) is 0. The van der Waals surface area contributed by atoms with Gasteiger partial charge in [-0.1, -0.05) is 24.3 Å². The van der Waals surface area contributed by atoms with Gasteiger partial charge in [0.05, 0.1) is 24.6 Å². The Morgan fingerprint density at radius 3 is 2.40 bits per heavy atom. The average Bonchev–Trinajstić information content (AvgIpc) is 3.69. The highest BCUT2D eigenvalue weighted by Gasteiger charge is 2.46. The highest BCUT2D eigenvalue weighted by atomic mass is 19.4. The van der Waals surface area contributed by atoms with E-state index < -0.39 is 24.3 Å². The summed E-state index contributed by atoms with van der Waals surface area (Å²) < 4.78 is 51.6. The highest BCUT2D eigenvalue weighted by Crippen LogP contribution is 2.43. The molecule has 4 aromatic rings. The van der Waals surface area contributed by atoms with Crippen molar-refractivity contribution in [2.24, 2.45) is 5.41 Å². The number of carboxylic acid groups (broad SMARTS) is 1. The van der Waals surface area contributed by atoms with Gasteiger partial charge in [0.15, 0.2) is 0 Å². The van der Waals surface area contributed by atoms with Gasteiger partial charge in [-0.2, -0.15) is 28.2 Å². The topological polar surface area (TPSA) is 172 Å². The zero-order valence-corrected chi connectivity index (χ0v) is 26.1. The summed E-state index contributed by atoms with van der Waals surface area (Å²) in [5.74, 6) is -1.17. The van der Waals surface area contributed by atoms with Gasteiger partial charge in [-0.3, -0.25) is 4.79 Å². The van der Waals surface area contributed by atoms with Crippen LogP contribution in [0.5, 0.6) is 5.88 Å². The monoisotopic (exact) mass is 667 g/mol. The molecular weight excluding hydrogens is 631 g/mol. The van der Waals surface area contributed by atoms with Gasteiger partial charge < -0.3 is 36.0 Å². The van der Waals surface area contributed by atoms with Gasteiger partial charge in [-0.25, -0.2) is 4.68 Å². The van der Waals surface area contributed by atoms with E-state index in [9.17, 15) is 33.3 Å². The fraction of sp³-hybridized carbons (Fsp3) is 0.394. The lowest BCUT2D eigenvalue weighted by Crippen LogP contribution is -2.41. The summed E-state index contributed by atoms with van der Waals surface area (Å²) in [5.41, 5.74) is 8.52. The van der Waals surface area contributed by atoms with Crippen LogP contribution in [0.25, 0.3) is 16.8 Å². The third-order valence-electron chi connectivity index (χ3n) is 9.21. The molecule has 0 aliphatic carbocycles. The normalized spacial score (nSPS) is 18.3. The second-order valence-electron chi connectivity index (χ2n) is 12.4. The Morgan fingerprint density at radius 2 is 1.77 bits per heavy atom. The molecule has 2 fully saturated rings. The van der Waals surface area contributed by atoms with Crippen molar-refractivity contribution in [2.75, 3.05) is 30.3 Å². The van der Waals surface area contributed by atoms with E-state index in [1.165, 1.54) is 22.9 Å². The molecule has 2 atom stereocenters. The van der Waals surface area contributed by atoms with E-state index in [-0.39, 0.29) is 41.7 Å². The van der Waals surface area contributed by atoms with Crippen LogP contribution in [0.2, 0.25) is 0 Å². The molecule has 6 N–H and O–H groups in total. The van der Waals surface area contributed by atoms with Crippen LogP contribution in [0.4, 0.5) is 24.9 Å². The SMILES string of the molecule is Cc1ccn(-c2cc(-c3ccc(CO)c(CO)c3)ccc2[C@H](Oc2cc(N3CCC4(CC3)CNC(C(=O)O)C4)nc(N)n2)C(F)(F)F)n1. The van der Waals surface area contributed by atoms with Gasteiger partial charge in [0, 0.05) is 37.5 Å². The van der Waals surface area contributed by atoms with Crippen molar-refractivity contribution < 1.29 is 38.0 Å². The first kappa shape index (κ1) is 33.2. The quantitative estimate of drug-likeness (QED) is 0.175. The minimum absolute atomic E-state index is 0.119. The molecule has 1 unspecified atom stereocenters. The lowest BCUT2D eigenvalue weighted by atomic mass is 9.76. The van der Waals surface area contributed by atoms with Gasteiger partial charge >= 0.3 is 12.1 Å². The van der Waals surface area contributed by atoms with Crippen LogP contribution >= 0.6 is 0 Å². The molecule has 15 heteroatoms. The maximum Gasteiger partial charge on any atom is 0.429 e. The zero-order chi connectivity index (χ0) is 34.2. The fourth-order valence-electron chi connectivity index (χ4n) is 6.56. The third kappa shape index (κ3) is 6.79. The summed E-state index contributed by atoms with van der Waals surface area (Å²) in [5, 5.41) is 36.2. The number of nitrogens with two attached hydrogens (primary N) is 1. The number of carbonyl (C=O) groups is 1. The van der Waals surface area contributed by atoms with Crippen molar-refractivity contribution in [2.45, 2.75) is 57.7 Å². The van der Waals surface area contributed by atoms with E-state index in [1.807, 2.05) is 4.90 Å². The molecule has 2 aliphatic heterocycles. The molecule has 0 radical (unpaired) electrons. The summed E-state index contributed by atoms with van der Waals surface area (Å²) >= 11 is 0. The largest absolute Gasteiger partial charge is 0.480 e. The van der Waals surface area contributed by atoms with Gasteiger partial charge in [0.25, 0.3) is 0 Å². The number of aliphatic hydroxyl groups excluding tert-OH is 2. The summed E-state index contributed by atoms with van der Waals surface area (Å²) in [6.45, 7) is 2.74. The Kier molecular flexibility index (Phi) is 9.02. The van der Waals surface area contributed by atoms with Crippen LogP contribution in [-0.2, 0) is 18.0 Å². The maximum atomic E-state index is 14.9. The number of carboxylic acids is 1. The molecule has 254 valence electrons. The number of piperidine rings is 1. The molecule has 1 spiro atoms. The zero-order valence-electron chi connectivity index (χ0n) is 26.1. The van der Waals surface area contributed by atoms with Crippen LogP contribution in [0, 0.1) is 12.3 Å². The van der Waals surface area contributed by atoms with Crippen molar-refractivity contribution >= 4 is 17.7 Å². The number of aryl methyl sites for hydroxylation is 1. The number of hydrogen-bond donors (Lipinski definition) is 5. The molecule has 0 saturated carbocycles. The minimum atomic E-state index is -4.88. The first-order valence-corrected chi connectivity index (χ1v) is 15.5. The predicted molar refractivity (Wildman–Crippen MR) is 169 cm³/mol. The number of nitrogens with zero attached hydrogens (tertiary/aromatic N) is 5. The number of aromatic nitrogens is 4. The number of halogens is 3. The van der Waals surface area contributed by atoms with Crippen molar-refractivity contribution in [1.82, 2.24) is 25.1 Å². The molecule has 48 heavy (non-hydrogen) atoms. The molecular formula is C33H36F3N7O5. The Morgan fingerprint density at radius 1 is 1.06 bits per heavy atom. The lowest BCUT2D eigenvalue weighted by Gasteiger charge is -2.39. The van der Waals surface area contributed by atoms with E-state index >= 15 is 0 Å². The molecule has 0 amide bonds. The number of nitrogens with one attached hydrogen (secondary N) is 1. The molecule has 2 aliphatic rings. The average molecular weight is 668 g/mol. The molecule has 12 nitrogen and oxygen atoms in total. The number of aliphatic hydroxyl groups is 2. The van der Waals surface area contributed by atoms with Gasteiger partial charge in [0.2, 0.25) is 17.9 Å². The number of benzene rings is 2. The Labute approximate surface area is 274 Å². The third-order valence-corrected chi connectivity index (χ3v) is 9.21. The number of rotatable bonds is 9. The number of nitrogen functional groups attached to an aromatic ring is 1. The number of ether oxygens (including phenoxy) is 1. The van der Waals surface area contributed by atoms with Crippen molar-refractivity contribution in [3.63, 3.8) is 0 Å². The van der Waals surface area contributed by atoms with E-state index in [2.05, 4.69) is 20.4 Å².